The normalized spacial score (nSPS) is 15.0. The Balaban J connectivity index is 2.67. The van der Waals surface area contributed by atoms with Gasteiger partial charge < -0.3 is 10.4 Å². The molecule has 0 saturated heterocycles. The van der Waals surface area contributed by atoms with Gasteiger partial charge in [-0.1, -0.05) is 35.0 Å². The van der Waals surface area contributed by atoms with Crippen molar-refractivity contribution in [1.82, 2.24) is 5.32 Å². The highest BCUT2D eigenvalue weighted by molar-refractivity contribution is 9.10. The zero-order valence-corrected chi connectivity index (χ0v) is 14.2. The first-order valence-corrected chi connectivity index (χ1v) is 7.92. The van der Waals surface area contributed by atoms with E-state index in [0.717, 1.165) is 10.0 Å². The van der Waals surface area contributed by atoms with Crippen LogP contribution in [0.2, 0.25) is 0 Å². The maximum Gasteiger partial charge on any atom is 0.308 e. The summed E-state index contributed by atoms with van der Waals surface area (Å²) in [6.45, 7) is 5.29. The standard InChI is InChI=1S/C16H22BrNO3/c1-4-13(8-12-6-5-7-14(17)9-12)15(19)18-11(3)10(2)16(20)21/h5-7,9-11,13H,4,8H2,1-3H3,(H,18,19)(H,20,21). The highest BCUT2D eigenvalue weighted by atomic mass is 79.9. The molecule has 0 radical (unpaired) electrons. The minimum absolute atomic E-state index is 0.0851. The van der Waals surface area contributed by atoms with Gasteiger partial charge in [0.1, 0.15) is 0 Å². The molecule has 116 valence electrons. The molecule has 3 atom stereocenters. The first-order valence-electron chi connectivity index (χ1n) is 7.12. The predicted octanol–water partition coefficient (Wildman–Crippen LogP) is 3.24. The molecule has 3 unspecified atom stereocenters. The molecule has 0 bridgehead atoms. The van der Waals surface area contributed by atoms with Crippen molar-refractivity contribution in [3.63, 3.8) is 0 Å². The Labute approximate surface area is 134 Å². The fourth-order valence-corrected chi connectivity index (χ4v) is 2.50. The molecule has 0 aromatic heterocycles. The summed E-state index contributed by atoms with van der Waals surface area (Å²) in [5.74, 6) is -1.74. The summed E-state index contributed by atoms with van der Waals surface area (Å²) in [6, 6.07) is 7.50. The van der Waals surface area contributed by atoms with E-state index in [4.69, 9.17) is 5.11 Å². The summed E-state index contributed by atoms with van der Waals surface area (Å²) in [5, 5.41) is 11.8. The van der Waals surface area contributed by atoms with Crippen molar-refractivity contribution in [1.29, 1.82) is 0 Å². The van der Waals surface area contributed by atoms with Crippen LogP contribution in [-0.2, 0) is 16.0 Å². The summed E-state index contributed by atoms with van der Waals surface area (Å²) < 4.78 is 0.989. The maximum atomic E-state index is 12.3. The maximum absolute atomic E-state index is 12.3. The number of nitrogens with one attached hydrogen (secondary N) is 1. The number of carbonyl (C=O) groups excluding carboxylic acids is 1. The lowest BCUT2D eigenvalue weighted by Crippen LogP contribution is -2.43. The summed E-state index contributed by atoms with van der Waals surface area (Å²) in [4.78, 5) is 23.2. The monoisotopic (exact) mass is 355 g/mol. The number of carboxylic acid groups (broad SMARTS) is 1. The third kappa shape index (κ3) is 5.50. The molecular weight excluding hydrogens is 334 g/mol. The van der Waals surface area contributed by atoms with Crippen LogP contribution in [0.3, 0.4) is 0 Å². The van der Waals surface area contributed by atoms with Gasteiger partial charge in [-0.3, -0.25) is 9.59 Å². The summed E-state index contributed by atoms with van der Waals surface area (Å²) in [6.07, 6.45) is 1.36. The fourth-order valence-electron chi connectivity index (χ4n) is 2.05. The van der Waals surface area contributed by atoms with E-state index < -0.39 is 11.9 Å². The van der Waals surface area contributed by atoms with Crippen molar-refractivity contribution >= 4 is 27.8 Å². The first kappa shape index (κ1) is 17.7. The van der Waals surface area contributed by atoms with E-state index in [-0.39, 0.29) is 17.9 Å². The van der Waals surface area contributed by atoms with Gasteiger partial charge >= 0.3 is 5.97 Å². The zero-order valence-electron chi connectivity index (χ0n) is 12.6. The van der Waals surface area contributed by atoms with E-state index in [1.165, 1.54) is 0 Å². The Morgan fingerprint density at radius 2 is 2.00 bits per heavy atom. The van der Waals surface area contributed by atoms with E-state index in [1.807, 2.05) is 31.2 Å². The van der Waals surface area contributed by atoms with Crippen molar-refractivity contribution in [3.8, 4) is 0 Å². The fraction of sp³-hybridized carbons (Fsp3) is 0.500. The number of hydrogen-bond acceptors (Lipinski definition) is 2. The largest absolute Gasteiger partial charge is 0.481 e. The van der Waals surface area contributed by atoms with Gasteiger partial charge in [0, 0.05) is 16.4 Å². The van der Waals surface area contributed by atoms with Gasteiger partial charge in [-0.15, -0.1) is 0 Å². The van der Waals surface area contributed by atoms with Crippen LogP contribution in [0.4, 0.5) is 0 Å². The molecule has 0 heterocycles. The minimum atomic E-state index is -0.900. The van der Waals surface area contributed by atoms with Crippen LogP contribution >= 0.6 is 15.9 Å². The molecule has 0 aliphatic heterocycles. The Bertz CT molecular complexity index is 504. The molecule has 1 aromatic rings. The second-order valence-corrected chi connectivity index (χ2v) is 6.28. The Morgan fingerprint density at radius 3 is 2.52 bits per heavy atom. The van der Waals surface area contributed by atoms with Crippen LogP contribution in [-0.4, -0.2) is 23.0 Å². The summed E-state index contributed by atoms with van der Waals surface area (Å²) >= 11 is 3.42. The molecular formula is C16H22BrNO3. The molecule has 21 heavy (non-hydrogen) atoms. The van der Waals surface area contributed by atoms with Gasteiger partial charge in [-0.2, -0.15) is 0 Å². The zero-order chi connectivity index (χ0) is 16.0. The van der Waals surface area contributed by atoms with Crippen LogP contribution in [0.1, 0.15) is 32.8 Å². The van der Waals surface area contributed by atoms with Crippen molar-refractivity contribution in [2.24, 2.45) is 11.8 Å². The Morgan fingerprint density at radius 1 is 1.33 bits per heavy atom. The van der Waals surface area contributed by atoms with Crippen LogP contribution in [0, 0.1) is 11.8 Å². The molecule has 0 aliphatic carbocycles. The lowest BCUT2D eigenvalue weighted by Gasteiger charge is -2.22. The summed E-state index contributed by atoms with van der Waals surface area (Å²) in [5.41, 5.74) is 1.09. The summed E-state index contributed by atoms with van der Waals surface area (Å²) in [7, 11) is 0. The smallest absolute Gasteiger partial charge is 0.308 e. The number of halogens is 1. The SMILES string of the molecule is CCC(Cc1cccc(Br)c1)C(=O)NC(C)C(C)C(=O)O. The number of carbonyl (C=O) groups is 2. The highest BCUT2D eigenvalue weighted by Gasteiger charge is 2.24. The minimum Gasteiger partial charge on any atom is -0.481 e. The van der Waals surface area contributed by atoms with Crippen molar-refractivity contribution in [2.75, 3.05) is 0 Å². The average molecular weight is 356 g/mol. The van der Waals surface area contributed by atoms with Gasteiger partial charge in [-0.05, 0) is 44.4 Å². The molecule has 1 aromatic carbocycles. The lowest BCUT2D eigenvalue weighted by molar-refractivity contribution is -0.142. The van der Waals surface area contributed by atoms with Crippen molar-refractivity contribution < 1.29 is 14.7 Å². The molecule has 1 amide bonds. The van der Waals surface area contributed by atoms with Crippen LogP contribution < -0.4 is 5.32 Å². The van der Waals surface area contributed by atoms with Gasteiger partial charge in [0.05, 0.1) is 5.92 Å². The molecule has 0 saturated carbocycles. The second kappa shape index (κ2) is 8.17. The van der Waals surface area contributed by atoms with Crippen LogP contribution in [0.15, 0.2) is 28.7 Å². The number of carboxylic acids is 1. The second-order valence-electron chi connectivity index (χ2n) is 5.36. The lowest BCUT2D eigenvalue weighted by atomic mass is 9.95. The first-order chi connectivity index (χ1) is 9.85. The van der Waals surface area contributed by atoms with Gasteiger partial charge in [0.25, 0.3) is 0 Å². The number of hydrogen-bond donors (Lipinski definition) is 2. The highest BCUT2D eigenvalue weighted by Crippen LogP contribution is 2.17. The third-order valence-electron chi connectivity index (χ3n) is 3.74. The third-order valence-corrected chi connectivity index (χ3v) is 4.24. The number of amides is 1. The molecule has 0 aliphatic rings. The van der Waals surface area contributed by atoms with E-state index in [9.17, 15) is 9.59 Å². The topological polar surface area (TPSA) is 66.4 Å². The van der Waals surface area contributed by atoms with Crippen molar-refractivity contribution in [2.45, 2.75) is 39.7 Å². The van der Waals surface area contributed by atoms with E-state index in [1.54, 1.807) is 13.8 Å². The van der Waals surface area contributed by atoms with E-state index >= 15 is 0 Å². The molecule has 5 heteroatoms. The van der Waals surface area contributed by atoms with E-state index in [2.05, 4.69) is 21.2 Å². The number of aliphatic carboxylic acids is 1. The van der Waals surface area contributed by atoms with Gasteiger partial charge in [-0.25, -0.2) is 0 Å². The van der Waals surface area contributed by atoms with Gasteiger partial charge in [0.15, 0.2) is 0 Å². The number of benzene rings is 1. The van der Waals surface area contributed by atoms with Crippen LogP contribution in [0.5, 0.6) is 0 Å². The van der Waals surface area contributed by atoms with Crippen LogP contribution in [0.25, 0.3) is 0 Å². The molecule has 0 spiro atoms. The van der Waals surface area contributed by atoms with Gasteiger partial charge in [0.2, 0.25) is 5.91 Å². The quantitative estimate of drug-likeness (QED) is 0.788. The Hall–Kier alpha value is -1.36. The van der Waals surface area contributed by atoms with Crippen molar-refractivity contribution in [3.05, 3.63) is 34.3 Å². The van der Waals surface area contributed by atoms with E-state index in [0.29, 0.717) is 12.8 Å². The molecule has 0 fully saturated rings. The number of rotatable bonds is 7. The average Bonchev–Trinajstić information content (AvgIpc) is 2.43. The molecule has 4 nitrogen and oxygen atoms in total. The predicted molar refractivity (Wildman–Crippen MR) is 86.0 cm³/mol. The molecule has 1 rings (SSSR count). The Kier molecular flexibility index (Phi) is 6.89. The molecule has 2 N–H and O–H groups in total.